The van der Waals surface area contributed by atoms with Gasteiger partial charge in [-0.25, -0.2) is 0 Å². The van der Waals surface area contributed by atoms with E-state index in [-0.39, 0.29) is 0 Å². The molecule has 0 radical (unpaired) electrons. The summed E-state index contributed by atoms with van der Waals surface area (Å²) in [5.74, 6) is 1.50. The third-order valence-electron chi connectivity index (χ3n) is 14.5. The first-order valence-corrected chi connectivity index (χ1v) is 22.8. The summed E-state index contributed by atoms with van der Waals surface area (Å²) in [6.07, 6.45) is 7.57. The zero-order valence-electron chi connectivity index (χ0n) is 36.5. The van der Waals surface area contributed by atoms with E-state index < -0.39 is 5.41 Å². The van der Waals surface area contributed by atoms with Crippen LogP contribution in [0.2, 0.25) is 0 Å². The Morgan fingerprint density at radius 3 is 1.72 bits per heavy atom. The van der Waals surface area contributed by atoms with E-state index in [2.05, 4.69) is 146 Å². The molecule has 2 aliphatic rings. The van der Waals surface area contributed by atoms with Crippen molar-refractivity contribution in [2.75, 3.05) is 0 Å². The zero-order chi connectivity index (χ0) is 45.5. The largest absolute Gasteiger partial charge is 0.457 e. The summed E-state index contributed by atoms with van der Waals surface area (Å²) in [6, 6.07) is 63.4. The molecule has 0 fully saturated rings. The molecule has 13 aromatic rings. The van der Waals surface area contributed by atoms with Crippen LogP contribution in [0.15, 0.2) is 195 Å². The number of rotatable bonds is 3. The zero-order valence-corrected chi connectivity index (χ0v) is 36.5. The number of para-hydroxylation sites is 3. The fourth-order valence-corrected chi connectivity index (χ4v) is 11.8. The number of aromatic nitrogens is 6. The Morgan fingerprint density at radius 1 is 0.391 bits per heavy atom. The van der Waals surface area contributed by atoms with Crippen molar-refractivity contribution in [3.05, 3.63) is 228 Å². The molecular weight excluding hydrogens is 849 g/mol. The van der Waals surface area contributed by atoms with Gasteiger partial charge in [-0.05, 0) is 115 Å². The van der Waals surface area contributed by atoms with Crippen molar-refractivity contribution in [1.29, 1.82) is 10.5 Å². The topological polar surface area (TPSA) is 110 Å². The Hall–Kier alpha value is -9.83. The van der Waals surface area contributed by atoms with Gasteiger partial charge in [0.1, 0.15) is 11.5 Å². The number of pyridine rings is 3. The minimum absolute atomic E-state index is 0.589. The van der Waals surface area contributed by atoms with Gasteiger partial charge in [0.25, 0.3) is 0 Å². The Kier molecular flexibility index (Phi) is 7.38. The van der Waals surface area contributed by atoms with E-state index in [4.69, 9.17) is 14.7 Å². The molecule has 0 N–H and O–H groups in total. The van der Waals surface area contributed by atoms with E-state index in [0.29, 0.717) is 11.1 Å². The van der Waals surface area contributed by atoms with E-state index in [0.717, 1.165) is 128 Å². The molecule has 1 aliphatic heterocycles. The van der Waals surface area contributed by atoms with Gasteiger partial charge in [-0.3, -0.25) is 15.0 Å². The Balaban J connectivity index is 0.999. The molecule has 0 bridgehead atoms. The van der Waals surface area contributed by atoms with Gasteiger partial charge < -0.3 is 18.4 Å². The molecule has 1 spiro atoms. The number of hydrogen-bond donors (Lipinski definition) is 0. The highest BCUT2D eigenvalue weighted by Crippen LogP contribution is 2.62. The molecule has 318 valence electrons. The summed E-state index contributed by atoms with van der Waals surface area (Å²) in [6.45, 7) is 0. The van der Waals surface area contributed by atoms with Crippen LogP contribution in [0.1, 0.15) is 33.4 Å². The molecule has 9 nitrogen and oxygen atoms in total. The molecule has 7 aromatic carbocycles. The van der Waals surface area contributed by atoms with Gasteiger partial charge in [0, 0.05) is 72.8 Å². The van der Waals surface area contributed by atoms with Gasteiger partial charge in [-0.15, -0.1) is 0 Å². The number of nitrogens with zero attached hydrogens (tertiary/aromatic N) is 8. The quantitative estimate of drug-likeness (QED) is 0.175. The molecule has 0 saturated heterocycles. The first-order valence-electron chi connectivity index (χ1n) is 22.8. The van der Waals surface area contributed by atoms with Crippen LogP contribution >= 0.6 is 0 Å². The molecule has 9 heteroatoms. The Morgan fingerprint density at radius 2 is 0.942 bits per heavy atom. The second-order valence-corrected chi connectivity index (χ2v) is 17.8. The van der Waals surface area contributed by atoms with Gasteiger partial charge in [0.2, 0.25) is 0 Å². The average molecular weight is 881 g/mol. The van der Waals surface area contributed by atoms with Crippen molar-refractivity contribution < 1.29 is 4.74 Å². The molecule has 15 rings (SSSR count). The summed E-state index contributed by atoms with van der Waals surface area (Å²) in [4.78, 5) is 14.9. The Labute approximate surface area is 393 Å². The fourth-order valence-electron chi connectivity index (χ4n) is 11.8. The first kappa shape index (κ1) is 37.4. The third kappa shape index (κ3) is 4.87. The van der Waals surface area contributed by atoms with Crippen LogP contribution in [-0.4, -0.2) is 28.7 Å². The maximum atomic E-state index is 10.2. The lowest BCUT2D eigenvalue weighted by Gasteiger charge is -2.39. The van der Waals surface area contributed by atoms with Gasteiger partial charge in [0.15, 0.2) is 0 Å². The van der Waals surface area contributed by atoms with Crippen molar-refractivity contribution in [2.24, 2.45) is 0 Å². The second kappa shape index (κ2) is 13.6. The number of benzene rings is 7. The van der Waals surface area contributed by atoms with Crippen molar-refractivity contribution >= 4 is 65.4 Å². The molecular formula is C60H32N8O. The molecule has 6 aromatic heterocycles. The van der Waals surface area contributed by atoms with Crippen LogP contribution in [0.5, 0.6) is 11.5 Å². The van der Waals surface area contributed by atoms with Crippen LogP contribution in [-0.2, 0) is 5.41 Å². The summed E-state index contributed by atoms with van der Waals surface area (Å²) in [5, 5.41) is 26.5. The number of nitriles is 2. The van der Waals surface area contributed by atoms with E-state index in [9.17, 15) is 10.5 Å². The van der Waals surface area contributed by atoms with Crippen molar-refractivity contribution in [3.8, 4) is 52.1 Å². The average Bonchev–Trinajstić information content (AvgIpc) is 4.12. The monoisotopic (exact) mass is 880 g/mol. The highest BCUT2D eigenvalue weighted by molar-refractivity contribution is 6.13. The molecule has 69 heavy (non-hydrogen) atoms. The van der Waals surface area contributed by atoms with Gasteiger partial charge in [-0.2, -0.15) is 10.5 Å². The van der Waals surface area contributed by atoms with Crippen molar-refractivity contribution in [3.63, 3.8) is 0 Å². The van der Waals surface area contributed by atoms with Crippen LogP contribution in [0.4, 0.5) is 0 Å². The van der Waals surface area contributed by atoms with E-state index in [1.807, 2.05) is 79.4 Å². The maximum Gasteiger partial charge on any atom is 0.132 e. The number of fused-ring (bicyclic) bond motifs is 18. The van der Waals surface area contributed by atoms with Crippen LogP contribution in [0, 0.1) is 22.7 Å². The SMILES string of the molecule is N#Cc1ccc2c(c1)c1ccccc1n2-c1cnc2c(c1)C1(c3ccccc3Oc3ccc(-n4c5ccc(C#N)cc5c5cc(-n6c7ccccc7c7ccncc76)ccc54)cc31)c1cccnc1-2. The van der Waals surface area contributed by atoms with Crippen LogP contribution < -0.4 is 4.74 Å². The molecule has 1 aliphatic carbocycles. The predicted molar refractivity (Wildman–Crippen MR) is 270 cm³/mol. The molecule has 1 unspecified atom stereocenters. The predicted octanol–water partition coefficient (Wildman–Crippen LogP) is 13.4. The molecule has 0 saturated carbocycles. The Bertz CT molecular complexity index is 4470. The molecule has 0 amide bonds. The normalized spacial score (nSPS) is 14.5. The van der Waals surface area contributed by atoms with Crippen molar-refractivity contribution in [1.82, 2.24) is 28.7 Å². The summed E-state index contributed by atoms with van der Waals surface area (Å²) >= 11 is 0. The lowest BCUT2D eigenvalue weighted by Crippen LogP contribution is -2.32. The summed E-state index contributed by atoms with van der Waals surface area (Å²) < 4.78 is 13.7. The van der Waals surface area contributed by atoms with Crippen molar-refractivity contribution in [2.45, 2.75) is 5.41 Å². The fraction of sp³-hybridized carbons (Fsp3) is 0.0167. The third-order valence-corrected chi connectivity index (χ3v) is 14.5. The van der Waals surface area contributed by atoms with E-state index in [1.54, 1.807) is 0 Å². The minimum Gasteiger partial charge on any atom is -0.457 e. The minimum atomic E-state index is -0.890. The van der Waals surface area contributed by atoms with Crippen LogP contribution in [0.3, 0.4) is 0 Å². The van der Waals surface area contributed by atoms with Gasteiger partial charge >= 0.3 is 0 Å². The summed E-state index contributed by atoms with van der Waals surface area (Å²) in [5.41, 5.74) is 14.8. The lowest BCUT2D eigenvalue weighted by molar-refractivity contribution is 0.436. The van der Waals surface area contributed by atoms with Gasteiger partial charge in [0.05, 0.1) is 91.2 Å². The second-order valence-electron chi connectivity index (χ2n) is 17.8. The summed E-state index contributed by atoms with van der Waals surface area (Å²) in [7, 11) is 0. The van der Waals surface area contributed by atoms with E-state index in [1.165, 1.54) is 0 Å². The maximum absolute atomic E-state index is 10.2. The highest BCUT2D eigenvalue weighted by atomic mass is 16.5. The first-order chi connectivity index (χ1) is 34.1. The van der Waals surface area contributed by atoms with Gasteiger partial charge in [-0.1, -0.05) is 60.7 Å². The van der Waals surface area contributed by atoms with E-state index >= 15 is 0 Å². The van der Waals surface area contributed by atoms with Crippen LogP contribution in [0.25, 0.3) is 93.9 Å². The molecule has 1 atom stereocenters. The molecule has 7 heterocycles. The highest BCUT2D eigenvalue weighted by Gasteiger charge is 2.53. The number of ether oxygens (including phenoxy) is 1. The lowest BCUT2D eigenvalue weighted by atomic mass is 9.66. The smallest absolute Gasteiger partial charge is 0.132 e. The standard InChI is InChI=1S/C60H32N8O/c61-31-35-15-19-52-43(26-35)41-9-2-5-13-51(41)68(52)39-30-49-59(65-33-39)58-47(11-7-24-64-58)60(49)46-10-3-6-14-56(46)69-57-22-18-38(29-48(57)60)66-53-20-16-36(32-62)27-44(53)45-28-37(17-21-54(45)66)67-50-12-4-1-8-40(50)42-23-25-63-34-55(42)67/h1-30,33-34H. The number of hydrogen-bond acceptors (Lipinski definition) is 6.